The van der Waals surface area contributed by atoms with Crippen molar-refractivity contribution in [1.29, 1.82) is 0 Å². The lowest BCUT2D eigenvalue weighted by atomic mass is 9.44. The molecule has 2 unspecified atom stereocenters. The van der Waals surface area contributed by atoms with E-state index in [9.17, 15) is 39.3 Å². The zero-order valence-corrected chi connectivity index (χ0v) is 33.9. The van der Waals surface area contributed by atoms with E-state index in [1.165, 1.54) is 32.9 Å². The number of likely N-dealkylation sites (tertiary alicyclic amines) is 1. The number of amides is 1. The predicted molar refractivity (Wildman–Crippen MR) is 192 cm³/mol. The number of hydroxylamine groups is 2. The highest BCUT2D eigenvalue weighted by Gasteiger charge is 2.89. The van der Waals surface area contributed by atoms with Crippen LogP contribution in [-0.4, -0.2) is 97.5 Å². The first kappa shape index (κ1) is 41.7. The topological polar surface area (TPSA) is 189 Å². The number of ether oxygens (including phenoxy) is 3. The van der Waals surface area contributed by atoms with Gasteiger partial charge >= 0.3 is 18.1 Å². The lowest BCUT2D eigenvalue weighted by molar-refractivity contribution is -0.994. The number of carboxylic acid groups (broad SMARTS) is 2. The van der Waals surface area contributed by atoms with Crippen molar-refractivity contribution in [3.63, 3.8) is 0 Å². The molecule has 1 saturated carbocycles. The van der Waals surface area contributed by atoms with Crippen molar-refractivity contribution in [2.24, 2.45) is 23.2 Å². The second kappa shape index (κ2) is 13.3. The molecule has 1 amide bonds. The van der Waals surface area contributed by atoms with E-state index in [1.807, 2.05) is 0 Å². The van der Waals surface area contributed by atoms with Crippen LogP contribution < -0.4 is 5.11 Å². The Morgan fingerprint density at radius 2 is 1.81 bits per heavy atom. The Bertz CT molecular complexity index is 1730. The summed E-state index contributed by atoms with van der Waals surface area (Å²) in [6.45, 7) is 15.4. The van der Waals surface area contributed by atoms with Gasteiger partial charge in [0.25, 0.3) is 12.3 Å². The van der Waals surface area contributed by atoms with Crippen molar-refractivity contribution < 1.29 is 62.8 Å². The Kier molecular flexibility index (Phi) is 10.3. The highest BCUT2D eigenvalue weighted by Crippen LogP contribution is 2.69. The summed E-state index contributed by atoms with van der Waals surface area (Å²) in [5, 5.41) is 42.1. The number of esters is 1. The zero-order chi connectivity index (χ0) is 40.8. The molecule has 5 aliphatic rings. The molecule has 2 saturated heterocycles. The smallest absolute Gasteiger partial charge is 0.498 e. The molecule has 14 nitrogen and oxygen atoms in total. The van der Waals surface area contributed by atoms with Gasteiger partial charge in [0.2, 0.25) is 11.1 Å². The van der Waals surface area contributed by atoms with E-state index < -0.39 is 98.5 Å². The molecule has 10 atom stereocenters. The van der Waals surface area contributed by atoms with Gasteiger partial charge in [0.1, 0.15) is 18.0 Å². The minimum Gasteiger partial charge on any atom is -0.498 e. The maximum Gasteiger partial charge on any atom is 0.510 e. The van der Waals surface area contributed by atoms with E-state index >= 15 is 0 Å². The molecule has 3 aliphatic carbocycles. The van der Waals surface area contributed by atoms with E-state index in [0.717, 1.165) is 6.92 Å². The number of nitrogens with zero attached hydrogens (tertiary/aromatic N) is 2. The summed E-state index contributed by atoms with van der Waals surface area (Å²) in [5.74, 6) is -6.03. The predicted octanol–water partition coefficient (Wildman–Crippen LogP) is 5.12. The number of allylic oxidation sites excluding steroid dienone is 2. The number of hydrogen-bond donors (Lipinski definition) is 2. The Morgan fingerprint density at radius 1 is 1.19 bits per heavy atom. The summed E-state index contributed by atoms with van der Waals surface area (Å²) >= 11 is 6.84. The molecule has 0 aromatic carbocycles. The molecule has 54 heavy (non-hydrogen) atoms. The van der Waals surface area contributed by atoms with E-state index in [4.69, 9.17) is 30.6 Å². The monoisotopic (exact) mass is 778 g/mol. The third-order valence-electron chi connectivity index (χ3n) is 12.9. The minimum atomic E-state index is -2.80. The molecule has 300 valence electrons. The van der Waals surface area contributed by atoms with Crippen LogP contribution in [0.25, 0.3) is 0 Å². The van der Waals surface area contributed by atoms with E-state index in [-0.39, 0.29) is 17.7 Å². The first-order valence-electron chi connectivity index (χ1n) is 18.5. The van der Waals surface area contributed by atoms with Crippen molar-refractivity contribution in [1.82, 2.24) is 5.06 Å². The van der Waals surface area contributed by atoms with Gasteiger partial charge < -0.3 is 39.1 Å². The Balaban J connectivity index is 2.04. The molecule has 2 heterocycles. The van der Waals surface area contributed by atoms with Crippen molar-refractivity contribution in [2.45, 2.75) is 148 Å². The number of fused-ring (bicyclic) bond motifs is 4. The highest BCUT2D eigenvalue weighted by atomic mass is 35.5. The summed E-state index contributed by atoms with van der Waals surface area (Å²) in [6.07, 6.45) is -1.44. The van der Waals surface area contributed by atoms with Crippen molar-refractivity contribution >= 4 is 42.1 Å². The fraction of sp³-hybridized carbons (Fsp3) is 0.718. The van der Waals surface area contributed by atoms with Crippen molar-refractivity contribution in [3.8, 4) is 0 Å². The fourth-order valence-electron chi connectivity index (χ4n) is 10.8. The number of halogens is 1. The van der Waals surface area contributed by atoms with Crippen molar-refractivity contribution in [2.75, 3.05) is 7.05 Å². The summed E-state index contributed by atoms with van der Waals surface area (Å²) in [7, 11) is 1.49. The van der Waals surface area contributed by atoms with Gasteiger partial charge in [-0.1, -0.05) is 44.0 Å². The number of aldehydes is 1. The van der Waals surface area contributed by atoms with Gasteiger partial charge in [-0.25, -0.2) is 24.0 Å². The first-order chi connectivity index (χ1) is 24.7. The van der Waals surface area contributed by atoms with E-state index in [1.54, 1.807) is 53.7 Å². The lowest BCUT2D eigenvalue weighted by Gasteiger charge is -2.66. The average Bonchev–Trinajstić information content (AvgIpc) is 3.29. The molecule has 0 aromatic heterocycles. The van der Waals surface area contributed by atoms with Crippen LogP contribution in [0.4, 0.5) is 9.59 Å². The minimum absolute atomic E-state index is 0.197. The summed E-state index contributed by atoms with van der Waals surface area (Å²) < 4.78 is 16.5. The highest BCUT2D eigenvalue weighted by molar-refractivity contribution is 6.30. The molecular weight excluding hydrogens is 724 g/mol. The largest absolute Gasteiger partial charge is 0.510 e. The number of rotatable bonds is 6. The van der Waals surface area contributed by atoms with Crippen LogP contribution in [0, 0.1) is 23.2 Å². The molecule has 0 radical (unpaired) electrons. The van der Waals surface area contributed by atoms with Gasteiger partial charge in [-0.3, -0.25) is 4.79 Å². The van der Waals surface area contributed by atoms with Gasteiger partial charge in [-0.05, 0) is 79.7 Å². The van der Waals surface area contributed by atoms with Crippen LogP contribution in [0.3, 0.4) is 0 Å². The molecule has 2 aliphatic heterocycles. The second-order valence-electron chi connectivity index (χ2n) is 18.0. The van der Waals surface area contributed by atoms with Crippen molar-refractivity contribution in [3.05, 3.63) is 34.0 Å². The van der Waals surface area contributed by atoms with Crippen LogP contribution in [0.5, 0.6) is 0 Å². The van der Waals surface area contributed by atoms with Crippen LogP contribution >= 0.6 is 11.6 Å². The van der Waals surface area contributed by atoms with E-state index in [0.29, 0.717) is 42.6 Å². The zero-order valence-electron chi connectivity index (χ0n) is 33.1. The molecule has 0 bridgehead atoms. The summed E-state index contributed by atoms with van der Waals surface area (Å²) in [5.41, 5.74) is -10.6. The molecule has 5 rings (SSSR count). The first-order valence-corrected chi connectivity index (χ1v) is 18.9. The third kappa shape index (κ3) is 5.55. The average molecular weight is 779 g/mol. The Hall–Kier alpha value is -3.46. The summed E-state index contributed by atoms with van der Waals surface area (Å²) in [6, 6.07) is 0. The lowest BCUT2D eigenvalue weighted by Crippen LogP contribution is -2.86. The van der Waals surface area contributed by atoms with E-state index in [2.05, 4.69) is 0 Å². The van der Waals surface area contributed by atoms with Crippen LogP contribution in [0.15, 0.2) is 34.0 Å². The van der Waals surface area contributed by atoms with Crippen LogP contribution in [0.2, 0.25) is 0 Å². The number of carbonyl (C=O) groups excluding carboxylic acids is 4. The van der Waals surface area contributed by atoms with Gasteiger partial charge in [-0.2, -0.15) is 0 Å². The van der Waals surface area contributed by atoms with Crippen LogP contribution in [-0.2, 0) is 33.4 Å². The third-order valence-corrected chi connectivity index (χ3v) is 13.3. The second-order valence-corrected chi connectivity index (χ2v) is 18.4. The number of hydrogen-bond acceptors (Lipinski definition) is 12. The summed E-state index contributed by atoms with van der Waals surface area (Å²) in [4.78, 5) is 75.9. The standard InChI is InChI=1S/C39H55ClN2O12/c1-21-18-24-14-13-17-36(10,22(2)19-43)39(24,50)29(28(21)51-23(3)44)37(31(45)46)20-38(53-33(49)52-35(7,8)9)25-15-12-16-26(40)27(25)41(11)54-30(38)42(37,32(47)48)34(4,5)6/h15,18-19,22,24,28-30,50H,12-14,16-17,20H2,1-11H3,(H-,45,46,47,48)/t22?,24-,28-,29+,30+,36+,37-,38+,39+,42?/m0/s1. The number of carbonyl (C=O) groups is 5. The molecule has 0 aromatic rings. The number of quaternary nitrogens is 1. The maximum atomic E-state index is 15.0. The van der Waals surface area contributed by atoms with Gasteiger partial charge in [0.15, 0.2) is 0 Å². The quantitative estimate of drug-likeness (QED) is 0.157. The molecule has 0 spiro atoms. The molecule has 2 N–H and O–H groups in total. The fourth-order valence-corrected chi connectivity index (χ4v) is 11.1. The molecule has 15 heteroatoms. The van der Waals surface area contributed by atoms with Gasteiger partial charge in [0.05, 0.1) is 29.2 Å². The number of aliphatic carboxylic acids is 1. The normalized spacial score (nSPS) is 38.5. The van der Waals surface area contributed by atoms with Crippen LogP contribution in [0.1, 0.15) is 108 Å². The van der Waals surface area contributed by atoms with Gasteiger partial charge in [0, 0.05) is 41.8 Å². The maximum absolute atomic E-state index is 15.0. The Labute approximate surface area is 321 Å². The SMILES string of the molecule is CC(=O)O[C@H]1C(C)=C[C@@H]2CCC[C@](C)(C(C)C=O)[C@]2(O)[C@H]1[C@]1(C(=O)O)C[C@@]2(OC(=O)OC(C)(C)C)C3=CCCC(Cl)=C3N(C)O[C@H]2[N+]1(C(=O)[O-])C(C)(C)C. The number of likely N-dealkylation sites (N-methyl/N-ethyl adjacent to an activating group) is 1. The molecular formula is C39H55ClN2O12. The Morgan fingerprint density at radius 3 is 2.33 bits per heavy atom. The number of carboxylic acids is 1. The van der Waals surface area contributed by atoms with Gasteiger partial charge in [-0.15, -0.1) is 0 Å². The number of aliphatic hydroxyl groups is 1. The molecule has 3 fully saturated rings.